The molecule has 510 valence electrons. The Morgan fingerprint density at radius 1 is 0.361 bits per heavy atom. The van der Waals surface area contributed by atoms with Gasteiger partial charge in [0, 0.05) is 42.4 Å². The first-order chi connectivity index (χ1) is 37.9. The van der Waals surface area contributed by atoms with E-state index in [1.807, 2.05) is 34.6 Å². The average molecular weight is 1190 g/mol. The van der Waals surface area contributed by atoms with E-state index in [0.29, 0.717) is 64.3 Å². The van der Waals surface area contributed by atoms with Gasteiger partial charge >= 0.3 is 0 Å². The zero-order valence-electron chi connectivity index (χ0n) is 64.8. The Bertz CT molecular complexity index is 1250. The summed E-state index contributed by atoms with van der Waals surface area (Å²) in [5.41, 5.74) is 0.0162. The highest BCUT2D eigenvalue weighted by Gasteiger charge is 2.46. The van der Waals surface area contributed by atoms with Crippen molar-refractivity contribution in [2.45, 2.75) is 398 Å². The van der Waals surface area contributed by atoms with Crippen molar-refractivity contribution in [3.8, 4) is 0 Å². The molecular formula is C76H164O7. The number of hydrogen-bond donors (Lipinski definition) is 0. The molecule has 1 saturated carbocycles. The molecule has 1 fully saturated rings. The second-order valence-corrected chi connectivity index (χ2v) is 26.8. The summed E-state index contributed by atoms with van der Waals surface area (Å²) >= 11 is 0. The molecule has 0 aliphatic heterocycles. The first kappa shape index (κ1) is 112. The van der Waals surface area contributed by atoms with Crippen molar-refractivity contribution in [3.63, 3.8) is 0 Å². The van der Waals surface area contributed by atoms with Crippen LogP contribution in [0.2, 0.25) is 0 Å². The molecule has 1 aliphatic carbocycles. The second kappa shape index (κ2) is 86.1. The number of rotatable bonds is 22. The fourth-order valence-corrected chi connectivity index (χ4v) is 6.02. The predicted molar refractivity (Wildman–Crippen MR) is 380 cm³/mol. The van der Waals surface area contributed by atoms with Crippen LogP contribution in [0.25, 0.3) is 0 Å². The summed E-state index contributed by atoms with van der Waals surface area (Å²) in [5, 5.41) is 0. The van der Waals surface area contributed by atoms with E-state index in [2.05, 4.69) is 180 Å². The maximum absolute atomic E-state index is 11.1. The van der Waals surface area contributed by atoms with Crippen molar-refractivity contribution >= 4 is 40.5 Å². The van der Waals surface area contributed by atoms with Crippen LogP contribution in [-0.2, 0) is 33.6 Å². The molecule has 0 aromatic carbocycles. The lowest BCUT2D eigenvalue weighted by Gasteiger charge is -2.22. The number of ketones is 7. The SMILES string of the molecule is CC(=O)C(C)(C)CC(C)C.CC(=O)C(C)C(C)C.CC(=O)C1(CC(C)C)CC1.CC(=O)CC(C)C.CC(=O)CCC(C)C.CC(=O)CCCC(C)C.CC(=O)CCCCC(C)C.CCC.CCC.CCC.CCC.CCC.CCC.CCC. The normalized spacial score (nSPS) is 11.0. The third-order valence-electron chi connectivity index (χ3n) is 10.6. The van der Waals surface area contributed by atoms with E-state index < -0.39 is 0 Å². The average Bonchev–Trinajstić information content (AvgIpc) is 4.09. The lowest BCUT2D eigenvalue weighted by Crippen LogP contribution is -2.23. The van der Waals surface area contributed by atoms with Gasteiger partial charge in [-0.25, -0.2) is 0 Å². The van der Waals surface area contributed by atoms with Gasteiger partial charge < -0.3 is 19.2 Å². The smallest absolute Gasteiger partial charge is 0.135 e. The molecule has 0 radical (unpaired) electrons. The third-order valence-corrected chi connectivity index (χ3v) is 10.6. The van der Waals surface area contributed by atoms with Crippen LogP contribution in [0, 0.1) is 58.2 Å². The maximum Gasteiger partial charge on any atom is 0.135 e. The van der Waals surface area contributed by atoms with Gasteiger partial charge in [-0.2, -0.15) is 0 Å². The van der Waals surface area contributed by atoms with E-state index in [4.69, 9.17) is 0 Å². The molecule has 1 rings (SSSR count). The summed E-state index contributed by atoms with van der Waals surface area (Å²) in [4.78, 5) is 74.2. The molecule has 1 unspecified atom stereocenters. The van der Waals surface area contributed by atoms with Gasteiger partial charge in [-0.1, -0.05) is 279 Å². The Kier molecular flexibility index (Phi) is 116. The Morgan fingerprint density at radius 2 is 0.651 bits per heavy atom. The number of carbonyl (C=O) groups is 7. The van der Waals surface area contributed by atoms with Crippen molar-refractivity contribution in [3.05, 3.63) is 0 Å². The van der Waals surface area contributed by atoms with Gasteiger partial charge in [-0.3, -0.25) is 14.4 Å². The summed E-state index contributed by atoms with van der Waals surface area (Å²) in [6.45, 7) is 77.3. The van der Waals surface area contributed by atoms with Crippen LogP contribution in [0.1, 0.15) is 398 Å². The summed E-state index contributed by atoms with van der Waals surface area (Å²) in [5.74, 6) is 6.94. The van der Waals surface area contributed by atoms with Gasteiger partial charge in [0.1, 0.15) is 40.5 Å². The Hall–Kier alpha value is -2.31. The van der Waals surface area contributed by atoms with E-state index >= 15 is 0 Å². The number of hydrogen-bond acceptors (Lipinski definition) is 7. The molecular weight excluding hydrogens is 1020 g/mol. The molecule has 0 aromatic rings. The van der Waals surface area contributed by atoms with Crippen LogP contribution in [0.4, 0.5) is 0 Å². The topological polar surface area (TPSA) is 119 Å². The van der Waals surface area contributed by atoms with E-state index in [1.165, 1.54) is 64.2 Å². The van der Waals surface area contributed by atoms with Crippen molar-refractivity contribution in [1.29, 1.82) is 0 Å². The molecule has 0 saturated heterocycles. The van der Waals surface area contributed by atoms with Crippen LogP contribution in [0.3, 0.4) is 0 Å². The molecule has 0 N–H and O–H groups in total. The molecule has 83 heavy (non-hydrogen) atoms. The quantitative estimate of drug-likeness (QED) is 0.0990. The molecule has 0 spiro atoms. The molecule has 1 aliphatic rings. The standard InChI is InChI=1S/C9H16O.2C9H18O.C8H16O.2C7H14O.C6H12O.7C3H8/c1-7(2)6-9(4-5-9)8(3)10;1-7(2)6-9(4,5)8(3)10;1-8(2)6-4-5-7-9(3)10;1-7(2)5-4-6-8(3)9;1-6(2)4-5-7(3)8;1-5(2)6(3)7(4)8;1-5(2)4-6(3)7;7*1-3-2/h7H,4-6H2,1-3H3;7H,6H2,1-5H3;8H,4-7H2,1-3H3;7H,4-6H2,1-3H3;6H,4-5H2,1-3H3;5-6H,1-4H3;5H,4H2,1-3H3;7*3H2,1-2H3. The Labute approximate surface area is 527 Å². The van der Waals surface area contributed by atoms with Crippen LogP contribution < -0.4 is 0 Å². The molecule has 7 nitrogen and oxygen atoms in total. The summed E-state index contributed by atoms with van der Waals surface area (Å²) in [7, 11) is 0. The number of Topliss-reactive ketones (excluding diaryl/α,β-unsaturated/α-hetero) is 7. The molecule has 0 aromatic heterocycles. The summed E-state index contributed by atoms with van der Waals surface area (Å²) < 4.78 is 0. The van der Waals surface area contributed by atoms with Crippen LogP contribution in [-0.4, -0.2) is 40.5 Å². The van der Waals surface area contributed by atoms with Crippen LogP contribution in [0.15, 0.2) is 0 Å². The molecule has 0 heterocycles. The minimum Gasteiger partial charge on any atom is -0.300 e. The maximum atomic E-state index is 11.1. The van der Waals surface area contributed by atoms with E-state index in [-0.39, 0.29) is 22.5 Å². The first-order valence-corrected chi connectivity index (χ1v) is 34.4. The predicted octanol–water partition coefficient (Wildman–Crippen LogP) is 25.7. The fraction of sp³-hybridized carbons (Fsp3) is 0.908. The van der Waals surface area contributed by atoms with Gasteiger partial charge in [0.15, 0.2) is 0 Å². The second-order valence-electron chi connectivity index (χ2n) is 26.8. The monoisotopic (exact) mass is 1190 g/mol. The highest BCUT2D eigenvalue weighted by Crippen LogP contribution is 2.51. The van der Waals surface area contributed by atoms with E-state index in [1.54, 1.807) is 48.5 Å². The van der Waals surface area contributed by atoms with Crippen molar-refractivity contribution < 1.29 is 33.6 Å². The van der Waals surface area contributed by atoms with Gasteiger partial charge in [-0.15, -0.1) is 0 Å². The lowest BCUT2D eigenvalue weighted by molar-refractivity contribution is -0.125. The number of unbranched alkanes of at least 4 members (excludes halogenated alkanes) is 1. The van der Waals surface area contributed by atoms with E-state index in [0.717, 1.165) is 82.5 Å². The van der Waals surface area contributed by atoms with Crippen LogP contribution in [0.5, 0.6) is 0 Å². The van der Waals surface area contributed by atoms with Gasteiger partial charge in [0.25, 0.3) is 0 Å². The zero-order chi connectivity index (χ0) is 69.5. The third kappa shape index (κ3) is 161. The van der Waals surface area contributed by atoms with Crippen LogP contribution >= 0.6 is 0 Å². The minimum atomic E-state index is -0.117. The van der Waals surface area contributed by atoms with Crippen molar-refractivity contribution in [1.82, 2.24) is 0 Å². The summed E-state index contributed by atoms with van der Waals surface area (Å²) in [6, 6.07) is 0. The minimum absolute atomic E-state index is 0.117. The Morgan fingerprint density at radius 3 is 0.771 bits per heavy atom. The largest absolute Gasteiger partial charge is 0.300 e. The molecule has 0 amide bonds. The highest BCUT2D eigenvalue weighted by atomic mass is 16.1. The molecule has 0 bridgehead atoms. The highest BCUT2D eigenvalue weighted by molar-refractivity contribution is 5.85. The fourth-order valence-electron chi connectivity index (χ4n) is 6.02. The van der Waals surface area contributed by atoms with E-state index in [9.17, 15) is 33.6 Å². The van der Waals surface area contributed by atoms with Gasteiger partial charge in [0.05, 0.1) is 0 Å². The lowest BCUT2D eigenvalue weighted by atomic mass is 9.81. The van der Waals surface area contributed by atoms with Gasteiger partial charge in [-0.05, 0) is 135 Å². The van der Waals surface area contributed by atoms with Gasteiger partial charge in [0.2, 0.25) is 0 Å². The Balaban J connectivity index is -0.0000000593. The van der Waals surface area contributed by atoms with Crippen molar-refractivity contribution in [2.75, 3.05) is 0 Å². The summed E-state index contributed by atoms with van der Waals surface area (Å²) in [6.07, 6.45) is 22.9. The first-order valence-electron chi connectivity index (χ1n) is 34.4. The molecule has 7 heteroatoms. The number of carbonyl (C=O) groups excluding carboxylic acids is 7. The van der Waals surface area contributed by atoms with Crippen molar-refractivity contribution in [2.24, 2.45) is 58.2 Å². The molecule has 1 atom stereocenters. The zero-order valence-corrected chi connectivity index (χ0v) is 64.8.